The van der Waals surface area contributed by atoms with Crippen LogP contribution in [-0.2, 0) is 7.05 Å². The van der Waals surface area contributed by atoms with Crippen LogP contribution in [0.4, 0.5) is 17.1 Å². The van der Waals surface area contributed by atoms with Gasteiger partial charge in [0.05, 0.1) is 49.4 Å². The molecule has 80 heavy (non-hydrogen) atoms. The molecule has 0 fully saturated rings. The van der Waals surface area contributed by atoms with Crippen LogP contribution in [0.3, 0.4) is 0 Å². The molecule has 0 aliphatic heterocycles. The molecule has 7 heteroatoms. The minimum absolute atomic E-state index is 0.897. The van der Waals surface area contributed by atoms with Crippen LogP contribution in [0.5, 0.6) is 0 Å². The van der Waals surface area contributed by atoms with Gasteiger partial charge in [-0.05, 0) is 140 Å². The number of furan rings is 2. The lowest BCUT2D eigenvalue weighted by atomic mass is 10.1. The van der Waals surface area contributed by atoms with Crippen molar-refractivity contribution in [3.8, 4) is 17.1 Å². The quantitative estimate of drug-likeness (QED) is 0.167. The summed E-state index contributed by atoms with van der Waals surface area (Å²) in [4.78, 5) is 2.37. The van der Waals surface area contributed by atoms with Gasteiger partial charge in [0.25, 0.3) is 0 Å². The Morgan fingerprint density at radius 2 is 0.600 bits per heavy atom. The first-order valence-electron chi connectivity index (χ1n) is 27.3. The number of benzene rings is 12. The number of hydrogen-bond acceptors (Lipinski definition) is 3. The first-order valence-corrected chi connectivity index (χ1v) is 27.3. The van der Waals surface area contributed by atoms with Gasteiger partial charge in [-0.3, -0.25) is 0 Å². The summed E-state index contributed by atoms with van der Waals surface area (Å²) in [6, 6.07) is 92.2. The van der Waals surface area contributed by atoms with Gasteiger partial charge < -0.3 is 32.0 Å². The summed E-state index contributed by atoms with van der Waals surface area (Å²) >= 11 is 0. The van der Waals surface area contributed by atoms with E-state index in [0.29, 0.717) is 0 Å². The highest BCUT2D eigenvalue weighted by atomic mass is 16.3. The van der Waals surface area contributed by atoms with Gasteiger partial charge in [-0.1, -0.05) is 115 Å². The van der Waals surface area contributed by atoms with E-state index in [1.807, 2.05) is 12.1 Å². The Labute approximate surface area is 456 Å². The normalized spacial score (nSPS) is 12.3. The first kappa shape index (κ1) is 43.4. The number of aromatic nitrogens is 4. The predicted molar refractivity (Wildman–Crippen MR) is 333 cm³/mol. The molecule has 0 aliphatic carbocycles. The van der Waals surface area contributed by atoms with Crippen LogP contribution in [0.25, 0.3) is 148 Å². The van der Waals surface area contributed by atoms with Crippen molar-refractivity contribution in [1.82, 2.24) is 18.3 Å². The maximum atomic E-state index is 6.65. The molecule has 6 heterocycles. The average molecular weight is 1020 g/mol. The molecular weight excluding hydrogens is 979 g/mol. The molecule has 12 aromatic carbocycles. The molecule has 0 radical (unpaired) electrons. The van der Waals surface area contributed by atoms with E-state index in [9.17, 15) is 0 Å². The number of rotatable bonds is 6. The molecule has 374 valence electrons. The summed E-state index contributed by atoms with van der Waals surface area (Å²) in [5.41, 5.74) is 19.3. The van der Waals surface area contributed by atoms with Crippen molar-refractivity contribution < 1.29 is 8.83 Å². The molecule has 18 rings (SSSR count). The lowest BCUT2D eigenvalue weighted by molar-refractivity contribution is 0.672. The maximum Gasteiger partial charge on any atom is 0.145 e. The molecule has 6 aromatic heterocycles. The van der Waals surface area contributed by atoms with Crippen LogP contribution in [0.1, 0.15) is 0 Å². The monoisotopic (exact) mass is 1020 g/mol. The number of aryl methyl sites for hydroxylation is 1. The Balaban J connectivity index is 0.799. The molecule has 0 saturated carbocycles. The highest BCUT2D eigenvalue weighted by molar-refractivity contribution is 6.27. The Bertz CT molecular complexity index is 5380. The van der Waals surface area contributed by atoms with E-state index in [-0.39, 0.29) is 0 Å². The van der Waals surface area contributed by atoms with Crippen LogP contribution in [0.15, 0.2) is 264 Å². The molecule has 0 unspecified atom stereocenters. The predicted octanol–water partition coefficient (Wildman–Crippen LogP) is 19.9. The zero-order chi connectivity index (χ0) is 52.3. The SMILES string of the molecule is Cn1c2ccccc2c2ccc3c(c4ccccc4n3-c3ccc(N(c4ccc(-n5c6ccccc6c6c7oc8ccccc8c7ccc65)cc4)c4ccc(-n5c6ccccc6c6c7oc8ccccc8c7ccc65)cc4)cc3)c21. The average Bonchev–Trinajstić information content (AvgIpc) is 4.45. The highest BCUT2D eigenvalue weighted by Gasteiger charge is 2.24. The van der Waals surface area contributed by atoms with Gasteiger partial charge in [-0.25, -0.2) is 0 Å². The van der Waals surface area contributed by atoms with Gasteiger partial charge in [-0.15, -0.1) is 0 Å². The van der Waals surface area contributed by atoms with Gasteiger partial charge in [0, 0.05) is 101 Å². The Kier molecular flexibility index (Phi) is 8.75. The van der Waals surface area contributed by atoms with E-state index in [4.69, 9.17) is 8.83 Å². The second-order valence-electron chi connectivity index (χ2n) is 21.2. The maximum absolute atomic E-state index is 6.65. The molecule has 7 nitrogen and oxygen atoms in total. The van der Waals surface area contributed by atoms with Crippen molar-refractivity contribution in [2.45, 2.75) is 0 Å². The van der Waals surface area contributed by atoms with Crippen LogP contribution < -0.4 is 4.90 Å². The molecule has 0 atom stereocenters. The van der Waals surface area contributed by atoms with Crippen molar-refractivity contribution in [3.63, 3.8) is 0 Å². The molecule has 0 spiro atoms. The number of fused-ring (bicyclic) bond motifs is 21. The molecule has 18 aromatic rings. The van der Waals surface area contributed by atoms with E-state index < -0.39 is 0 Å². The van der Waals surface area contributed by atoms with Gasteiger partial charge in [0.15, 0.2) is 0 Å². The van der Waals surface area contributed by atoms with Crippen molar-refractivity contribution in [3.05, 3.63) is 255 Å². The van der Waals surface area contributed by atoms with Crippen molar-refractivity contribution >= 4 is 148 Å². The fourth-order valence-corrected chi connectivity index (χ4v) is 13.7. The lowest BCUT2D eigenvalue weighted by Gasteiger charge is -2.26. The topological polar surface area (TPSA) is 49.2 Å². The number of anilines is 3. The summed E-state index contributed by atoms with van der Waals surface area (Å²) in [7, 11) is 2.20. The number of hydrogen-bond donors (Lipinski definition) is 0. The largest absolute Gasteiger partial charge is 0.455 e. The minimum Gasteiger partial charge on any atom is -0.455 e. The van der Waals surface area contributed by atoms with Crippen molar-refractivity contribution in [1.29, 1.82) is 0 Å². The summed E-state index contributed by atoms with van der Waals surface area (Å²) < 4.78 is 22.8. The second kappa shape index (κ2) is 16.1. The Morgan fingerprint density at radius 1 is 0.263 bits per heavy atom. The third kappa shape index (κ3) is 5.87. The number of para-hydroxylation sites is 6. The van der Waals surface area contributed by atoms with Crippen LogP contribution in [0.2, 0.25) is 0 Å². The molecule has 0 bridgehead atoms. The van der Waals surface area contributed by atoms with E-state index in [0.717, 1.165) is 122 Å². The fraction of sp³-hybridized carbons (Fsp3) is 0.0137. The smallest absolute Gasteiger partial charge is 0.145 e. The highest BCUT2D eigenvalue weighted by Crippen LogP contribution is 2.46. The van der Waals surface area contributed by atoms with E-state index in [1.54, 1.807) is 0 Å². The van der Waals surface area contributed by atoms with Gasteiger partial charge in [0.1, 0.15) is 22.3 Å². The third-order valence-electron chi connectivity index (χ3n) is 17.2. The molecule has 0 saturated heterocycles. The molecular formula is C73H45N5O2. The summed E-state index contributed by atoms with van der Waals surface area (Å²) in [5.74, 6) is 0. The molecule has 0 N–H and O–H groups in total. The molecule has 0 aliphatic rings. The van der Waals surface area contributed by atoms with Crippen molar-refractivity contribution in [2.24, 2.45) is 7.05 Å². The second-order valence-corrected chi connectivity index (χ2v) is 21.2. The zero-order valence-electron chi connectivity index (χ0n) is 43.3. The third-order valence-corrected chi connectivity index (χ3v) is 17.2. The van der Waals surface area contributed by atoms with E-state index in [1.165, 1.54) is 43.6 Å². The van der Waals surface area contributed by atoms with E-state index in [2.05, 4.69) is 273 Å². The lowest BCUT2D eigenvalue weighted by Crippen LogP contribution is -2.10. The first-order chi connectivity index (χ1) is 39.6. The van der Waals surface area contributed by atoms with Crippen LogP contribution >= 0.6 is 0 Å². The summed E-state index contributed by atoms with van der Waals surface area (Å²) in [5, 5.41) is 14.1. The summed E-state index contributed by atoms with van der Waals surface area (Å²) in [6.07, 6.45) is 0. The standard InChI is InChI=1S/C73H45N5O2/c1-74-59-20-8-2-14-50(59)53-38-41-63-68(71(53)74)56-17-3-9-21-60(56)76(63)47-32-26-44(27-33-47)75(45-28-34-48(35-29-45)77-61-22-10-4-18-57(61)69-64(77)42-39-54-51-15-6-12-24-66(51)79-72(54)69)46-30-36-49(37-31-46)78-62-23-11-5-19-58(62)70-65(78)43-40-55-52-16-7-13-25-67(52)80-73(55)70/h2-43H,1H3. The van der Waals surface area contributed by atoms with Gasteiger partial charge >= 0.3 is 0 Å². The minimum atomic E-state index is 0.897. The van der Waals surface area contributed by atoms with E-state index >= 15 is 0 Å². The Hall–Kier alpha value is -10.8. The Morgan fingerprint density at radius 3 is 1.04 bits per heavy atom. The van der Waals surface area contributed by atoms with Crippen LogP contribution in [0, 0.1) is 0 Å². The van der Waals surface area contributed by atoms with Gasteiger partial charge in [-0.2, -0.15) is 0 Å². The fourth-order valence-electron chi connectivity index (χ4n) is 13.7. The zero-order valence-corrected chi connectivity index (χ0v) is 43.3. The van der Waals surface area contributed by atoms with Crippen molar-refractivity contribution in [2.75, 3.05) is 4.90 Å². The molecule has 0 amide bonds. The van der Waals surface area contributed by atoms with Gasteiger partial charge in [0.2, 0.25) is 0 Å². The number of nitrogens with zero attached hydrogens (tertiary/aromatic N) is 5. The summed E-state index contributed by atoms with van der Waals surface area (Å²) in [6.45, 7) is 0. The van der Waals surface area contributed by atoms with Crippen LogP contribution in [-0.4, -0.2) is 18.3 Å².